The summed E-state index contributed by atoms with van der Waals surface area (Å²) in [5.41, 5.74) is 11.4. The minimum absolute atomic E-state index is 0.249. The van der Waals surface area contributed by atoms with E-state index in [9.17, 15) is 9.50 Å². The number of rotatable bonds is 4. The van der Waals surface area contributed by atoms with Gasteiger partial charge in [0.05, 0.1) is 0 Å². The standard InChI is InChI=1S/C11H15FN2O/c1-2-3-4-9(13)7-5-6-8(12)10(14)11(7)15/h2,5-6,9,15H,1,3-4,13-14H2/t9-/m0/s1. The molecule has 1 aromatic carbocycles. The van der Waals surface area contributed by atoms with Gasteiger partial charge in [0.15, 0.2) is 0 Å². The Morgan fingerprint density at radius 2 is 2.20 bits per heavy atom. The van der Waals surface area contributed by atoms with Crippen LogP contribution in [0.25, 0.3) is 0 Å². The van der Waals surface area contributed by atoms with Crippen molar-refractivity contribution in [2.75, 3.05) is 5.73 Å². The number of hydrogen-bond acceptors (Lipinski definition) is 3. The number of phenolic OH excluding ortho intramolecular Hbond substituents is 1. The molecule has 0 fully saturated rings. The quantitative estimate of drug-likeness (QED) is 0.404. The SMILES string of the molecule is C=CCC[C@H](N)c1ccc(F)c(N)c1O. The maximum Gasteiger partial charge on any atom is 0.149 e. The van der Waals surface area contributed by atoms with E-state index in [1.807, 2.05) is 0 Å². The van der Waals surface area contributed by atoms with Crippen molar-refractivity contribution in [3.8, 4) is 5.75 Å². The van der Waals surface area contributed by atoms with E-state index in [4.69, 9.17) is 11.5 Å². The lowest BCUT2D eigenvalue weighted by Gasteiger charge is -2.14. The van der Waals surface area contributed by atoms with Crippen molar-refractivity contribution in [1.29, 1.82) is 0 Å². The second-order valence-electron chi connectivity index (χ2n) is 3.37. The molecule has 0 bridgehead atoms. The van der Waals surface area contributed by atoms with Crippen LogP contribution in [0.4, 0.5) is 10.1 Å². The number of hydrogen-bond donors (Lipinski definition) is 3. The zero-order valence-corrected chi connectivity index (χ0v) is 8.41. The third kappa shape index (κ3) is 2.47. The number of anilines is 1. The molecule has 1 rings (SSSR count). The molecule has 0 amide bonds. The lowest BCUT2D eigenvalue weighted by atomic mass is 10.0. The molecule has 0 aliphatic carbocycles. The minimum atomic E-state index is -0.632. The van der Waals surface area contributed by atoms with E-state index in [-0.39, 0.29) is 17.5 Å². The normalized spacial score (nSPS) is 12.4. The van der Waals surface area contributed by atoms with Gasteiger partial charge in [0.1, 0.15) is 17.3 Å². The minimum Gasteiger partial charge on any atom is -0.505 e. The molecular formula is C11H15FN2O. The fraction of sp³-hybridized carbons (Fsp3) is 0.273. The van der Waals surface area contributed by atoms with Gasteiger partial charge in [-0.2, -0.15) is 0 Å². The predicted octanol–water partition coefficient (Wildman–Crippen LogP) is 2.08. The summed E-state index contributed by atoms with van der Waals surface area (Å²) in [4.78, 5) is 0. The predicted molar refractivity (Wildman–Crippen MR) is 58.8 cm³/mol. The first kappa shape index (κ1) is 11.5. The molecule has 0 saturated heterocycles. The summed E-state index contributed by atoms with van der Waals surface area (Å²) in [5, 5.41) is 9.58. The Balaban J connectivity index is 2.94. The third-order valence-electron chi connectivity index (χ3n) is 2.28. The van der Waals surface area contributed by atoms with Crippen LogP contribution in [0.2, 0.25) is 0 Å². The van der Waals surface area contributed by atoms with Crippen LogP contribution in [0.1, 0.15) is 24.4 Å². The molecule has 0 aromatic heterocycles. The fourth-order valence-corrected chi connectivity index (χ4v) is 1.35. The van der Waals surface area contributed by atoms with Gasteiger partial charge in [-0.05, 0) is 18.9 Å². The van der Waals surface area contributed by atoms with Gasteiger partial charge in [0.25, 0.3) is 0 Å². The molecule has 0 aliphatic heterocycles. The Bertz CT molecular complexity index is 366. The average molecular weight is 210 g/mol. The van der Waals surface area contributed by atoms with Gasteiger partial charge in [0.2, 0.25) is 0 Å². The highest BCUT2D eigenvalue weighted by atomic mass is 19.1. The lowest BCUT2D eigenvalue weighted by Crippen LogP contribution is -2.11. The van der Waals surface area contributed by atoms with Crippen LogP contribution in [0.3, 0.4) is 0 Å². The van der Waals surface area contributed by atoms with Gasteiger partial charge in [0, 0.05) is 11.6 Å². The zero-order chi connectivity index (χ0) is 11.4. The molecule has 1 atom stereocenters. The monoisotopic (exact) mass is 210 g/mol. The van der Waals surface area contributed by atoms with Gasteiger partial charge in [-0.25, -0.2) is 4.39 Å². The Hall–Kier alpha value is -1.55. The Kier molecular flexibility index (Phi) is 3.68. The molecular weight excluding hydrogens is 195 g/mol. The zero-order valence-electron chi connectivity index (χ0n) is 8.41. The summed E-state index contributed by atoms with van der Waals surface area (Å²) in [6.45, 7) is 3.58. The number of allylic oxidation sites excluding steroid dienone is 1. The molecule has 0 aliphatic rings. The van der Waals surface area contributed by atoms with E-state index in [1.165, 1.54) is 12.1 Å². The van der Waals surface area contributed by atoms with E-state index < -0.39 is 5.82 Å². The van der Waals surface area contributed by atoms with Crippen LogP contribution in [0, 0.1) is 5.82 Å². The first-order chi connectivity index (χ1) is 7.07. The largest absolute Gasteiger partial charge is 0.505 e. The molecule has 0 heterocycles. The summed E-state index contributed by atoms with van der Waals surface area (Å²) in [7, 11) is 0. The van der Waals surface area contributed by atoms with E-state index >= 15 is 0 Å². The highest BCUT2D eigenvalue weighted by Crippen LogP contribution is 2.32. The van der Waals surface area contributed by atoms with Crippen molar-refractivity contribution >= 4 is 5.69 Å². The Morgan fingerprint density at radius 1 is 1.53 bits per heavy atom. The average Bonchev–Trinajstić information content (AvgIpc) is 2.23. The second kappa shape index (κ2) is 4.79. The molecule has 0 spiro atoms. The fourth-order valence-electron chi connectivity index (χ4n) is 1.35. The number of halogens is 1. The summed E-state index contributed by atoms with van der Waals surface area (Å²) in [6.07, 6.45) is 3.11. The van der Waals surface area contributed by atoms with Crippen LogP contribution >= 0.6 is 0 Å². The number of aromatic hydroxyl groups is 1. The first-order valence-corrected chi connectivity index (χ1v) is 4.71. The topological polar surface area (TPSA) is 72.3 Å². The van der Waals surface area contributed by atoms with E-state index in [0.717, 1.165) is 6.42 Å². The summed E-state index contributed by atoms with van der Waals surface area (Å²) < 4.78 is 12.9. The van der Waals surface area contributed by atoms with Gasteiger partial charge in [-0.3, -0.25) is 0 Å². The highest BCUT2D eigenvalue weighted by molar-refractivity contribution is 5.57. The molecule has 0 saturated carbocycles. The van der Waals surface area contributed by atoms with E-state index in [2.05, 4.69) is 6.58 Å². The number of phenols is 1. The summed E-state index contributed by atoms with van der Waals surface area (Å²) in [5.74, 6) is -0.890. The molecule has 1 aromatic rings. The van der Waals surface area contributed by atoms with Crippen LogP contribution in [0.15, 0.2) is 24.8 Å². The second-order valence-corrected chi connectivity index (χ2v) is 3.37. The van der Waals surface area contributed by atoms with Gasteiger partial charge in [-0.15, -0.1) is 6.58 Å². The van der Waals surface area contributed by atoms with Crippen molar-refractivity contribution < 1.29 is 9.50 Å². The molecule has 0 radical (unpaired) electrons. The Morgan fingerprint density at radius 3 is 2.80 bits per heavy atom. The third-order valence-corrected chi connectivity index (χ3v) is 2.28. The van der Waals surface area contributed by atoms with Gasteiger partial charge < -0.3 is 16.6 Å². The van der Waals surface area contributed by atoms with Crippen LogP contribution in [-0.4, -0.2) is 5.11 Å². The van der Waals surface area contributed by atoms with Gasteiger partial charge in [-0.1, -0.05) is 12.1 Å². The van der Waals surface area contributed by atoms with Gasteiger partial charge >= 0.3 is 0 Å². The molecule has 15 heavy (non-hydrogen) atoms. The molecule has 82 valence electrons. The van der Waals surface area contributed by atoms with Crippen molar-refractivity contribution in [3.05, 3.63) is 36.2 Å². The van der Waals surface area contributed by atoms with Crippen LogP contribution < -0.4 is 11.5 Å². The van der Waals surface area contributed by atoms with Crippen molar-refractivity contribution in [1.82, 2.24) is 0 Å². The number of nitrogens with two attached hydrogens (primary N) is 2. The molecule has 4 heteroatoms. The molecule has 5 N–H and O–H groups in total. The van der Waals surface area contributed by atoms with Crippen LogP contribution in [0.5, 0.6) is 5.75 Å². The smallest absolute Gasteiger partial charge is 0.149 e. The van der Waals surface area contributed by atoms with Crippen molar-refractivity contribution in [3.63, 3.8) is 0 Å². The van der Waals surface area contributed by atoms with Crippen molar-refractivity contribution in [2.24, 2.45) is 5.73 Å². The maximum absolute atomic E-state index is 12.9. The lowest BCUT2D eigenvalue weighted by molar-refractivity contribution is 0.456. The number of benzene rings is 1. The van der Waals surface area contributed by atoms with Crippen molar-refractivity contribution in [2.45, 2.75) is 18.9 Å². The summed E-state index contributed by atoms with van der Waals surface area (Å²) >= 11 is 0. The first-order valence-electron chi connectivity index (χ1n) is 4.71. The highest BCUT2D eigenvalue weighted by Gasteiger charge is 2.14. The Labute approximate surface area is 88.2 Å². The maximum atomic E-state index is 12.9. The number of nitrogen functional groups attached to an aromatic ring is 1. The van der Waals surface area contributed by atoms with E-state index in [1.54, 1.807) is 6.08 Å². The molecule has 3 nitrogen and oxygen atoms in total. The molecule has 0 unspecified atom stereocenters. The summed E-state index contributed by atoms with van der Waals surface area (Å²) in [6, 6.07) is 2.30. The van der Waals surface area contributed by atoms with E-state index in [0.29, 0.717) is 12.0 Å². The van der Waals surface area contributed by atoms with Crippen LogP contribution in [-0.2, 0) is 0 Å².